The molecule has 0 amide bonds. The largest absolute Gasteiger partial charge is 0.373 e. The molecule has 1 aromatic carbocycles. The molecule has 2 N–H and O–H groups in total. The molecule has 1 fully saturated rings. The van der Waals surface area contributed by atoms with Crippen molar-refractivity contribution in [3.8, 4) is 0 Å². The van der Waals surface area contributed by atoms with E-state index in [1.807, 2.05) is 31.2 Å². The second-order valence-electron chi connectivity index (χ2n) is 7.38. The fourth-order valence-corrected chi connectivity index (χ4v) is 3.91. The van der Waals surface area contributed by atoms with E-state index in [0.29, 0.717) is 12.6 Å². The number of aryl methyl sites for hydroxylation is 1. The van der Waals surface area contributed by atoms with Gasteiger partial charge >= 0.3 is 0 Å². The average Bonchev–Trinajstić information content (AvgIpc) is 3.20. The van der Waals surface area contributed by atoms with Gasteiger partial charge in [-0.15, -0.1) is 10.2 Å². The molecule has 1 aliphatic carbocycles. The molecule has 5 rings (SSSR count). The molecule has 6 heteroatoms. The van der Waals surface area contributed by atoms with Crippen LogP contribution in [0.5, 0.6) is 0 Å². The summed E-state index contributed by atoms with van der Waals surface area (Å²) >= 11 is 0. The van der Waals surface area contributed by atoms with Crippen molar-refractivity contribution >= 4 is 16.7 Å². The predicted molar refractivity (Wildman–Crippen MR) is 104 cm³/mol. The van der Waals surface area contributed by atoms with Crippen LogP contribution in [0.2, 0.25) is 0 Å². The van der Waals surface area contributed by atoms with Gasteiger partial charge in [0.2, 0.25) is 0 Å². The lowest BCUT2D eigenvalue weighted by Gasteiger charge is -2.29. The van der Waals surface area contributed by atoms with Crippen molar-refractivity contribution in [3.05, 3.63) is 65.6 Å². The number of aliphatic hydroxyl groups excluding tert-OH is 1. The molecule has 0 saturated heterocycles. The average molecular weight is 361 g/mol. The Morgan fingerprint density at radius 3 is 2.67 bits per heavy atom. The van der Waals surface area contributed by atoms with Gasteiger partial charge in [-0.25, -0.2) is 0 Å². The SMILES string of the molecule is Cc1nnc2ccc3c(cc(C(O)NC4CCC4)n3Cc3ccccc3)n12. The number of aromatic nitrogens is 4. The number of hydrogen-bond donors (Lipinski definition) is 2. The normalized spacial score (nSPS) is 16.1. The summed E-state index contributed by atoms with van der Waals surface area (Å²) in [6, 6.07) is 16.9. The fourth-order valence-electron chi connectivity index (χ4n) is 3.91. The minimum Gasteiger partial charge on any atom is -0.373 e. The number of nitrogens with zero attached hydrogens (tertiary/aromatic N) is 4. The number of fused-ring (bicyclic) bond motifs is 3. The van der Waals surface area contributed by atoms with E-state index < -0.39 is 6.23 Å². The smallest absolute Gasteiger partial charge is 0.161 e. The summed E-state index contributed by atoms with van der Waals surface area (Å²) in [4.78, 5) is 0. The molecule has 3 aromatic heterocycles. The minimum absolute atomic E-state index is 0.403. The molecule has 0 radical (unpaired) electrons. The maximum Gasteiger partial charge on any atom is 0.161 e. The van der Waals surface area contributed by atoms with E-state index in [0.717, 1.165) is 41.0 Å². The Bertz CT molecular complexity index is 1090. The highest BCUT2D eigenvalue weighted by atomic mass is 16.3. The van der Waals surface area contributed by atoms with Gasteiger partial charge in [-0.05, 0) is 43.5 Å². The van der Waals surface area contributed by atoms with E-state index in [2.05, 4.69) is 48.7 Å². The summed E-state index contributed by atoms with van der Waals surface area (Å²) < 4.78 is 4.25. The summed E-state index contributed by atoms with van der Waals surface area (Å²) in [6.07, 6.45) is 2.80. The fraction of sp³-hybridized carbons (Fsp3) is 0.333. The van der Waals surface area contributed by atoms with Gasteiger partial charge in [-0.2, -0.15) is 0 Å². The predicted octanol–water partition coefficient (Wildman–Crippen LogP) is 3.17. The second kappa shape index (κ2) is 6.48. The van der Waals surface area contributed by atoms with Crippen LogP contribution in [-0.4, -0.2) is 30.3 Å². The highest BCUT2D eigenvalue weighted by Gasteiger charge is 2.24. The number of hydrogen-bond acceptors (Lipinski definition) is 4. The molecule has 1 unspecified atom stereocenters. The molecule has 3 heterocycles. The van der Waals surface area contributed by atoms with Crippen LogP contribution in [0.4, 0.5) is 0 Å². The van der Waals surface area contributed by atoms with Gasteiger partial charge in [0, 0.05) is 12.6 Å². The molecule has 6 nitrogen and oxygen atoms in total. The molecule has 1 saturated carbocycles. The summed E-state index contributed by atoms with van der Waals surface area (Å²) in [5, 5.41) is 22.7. The molecule has 0 bridgehead atoms. The second-order valence-corrected chi connectivity index (χ2v) is 7.38. The van der Waals surface area contributed by atoms with Gasteiger partial charge in [0.05, 0.1) is 16.7 Å². The molecular weight excluding hydrogens is 338 g/mol. The van der Waals surface area contributed by atoms with Gasteiger partial charge in [-0.1, -0.05) is 36.8 Å². The van der Waals surface area contributed by atoms with Crippen LogP contribution in [0.1, 0.15) is 42.6 Å². The molecule has 138 valence electrons. The van der Waals surface area contributed by atoms with E-state index in [1.54, 1.807) is 0 Å². The van der Waals surface area contributed by atoms with E-state index in [9.17, 15) is 5.11 Å². The Kier molecular flexibility index (Phi) is 3.95. The van der Waals surface area contributed by atoms with Crippen LogP contribution >= 0.6 is 0 Å². The lowest BCUT2D eigenvalue weighted by atomic mass is 9.93. The van der Waals surface area contributed by atoms with Gasteiger partial charge in [0.25, 0.3) is 0 Å². The van der Waals surface area contributed by atoms with E-state index >= 15 is 0 Å². The zero-order valence-electron chi connectivity index (χ0n) is 15.3. The number of pyridine rings is 1. The van der Waals surface area contributed by atoms with Crippen molar-refractivity contribution in [1.29, 1.82) is 0 Å². The van der Waals surface area contributed by atoms with Crippen molar-refractivity contribution in [2.24, 2.45) is 0 Å². The van der Waals surface area contributed by atoms with E-state index in [4.69, 9.17) is 0 Å². The first-order valence-corrected chi connectivity index (χ1v) is 9.52. The van der Waals surface area contributed by atoms with Crippen LogP contribution in [0.3, 0.4) is 0 Å². The summed E-state index contributed by atoms with van der Waals surface area (Å²) in [5.41, 5.74) is 4.99. The molecule has 0 spiro atoms. The molecule has 1 atom stereocenters. The summed E-state index contributed by atoms with van der Waals surface area (Å²) in [7, 11) is 0. The van der Waals surface area contributed by atoms with Crippen molar-refractivity contribution in [2.75, 3.05) is 0 Å². The number of benzene rings is 1. The quantitative estimate of drug-likeness (QED) is 0.536. The first-order valence-electron chi connectivity index (χ1n) is 9.52. The van der Waals surface area contributed by atoms with Gasteiger partial charge in [-0.3, -0.25) is 9.72 Å². The van der Waals surface area contributed by atoms with Gasteiger partial charge in [0.1, 0.15) is 12.1 Å². The van der Waals surface area contributed by atoms with Crippen LogP contribution in [0.15, 0.2) is 48.5 Å². The van der Waals surface area contributed by atoms with Crippen molar-refractivity contribution in [3.63, 3.8) is 0 Å². The number of aliphatic hydroxyl groups is 1. The Morgan fingerprint density at radius 2 is 1.93 bits per heavy atom. The third kappa shape index (κ3) is 2.81. The Hall–Kier alpha value is -2.70. The van der Waals surface area contributed by atoms with Crippen molar-refractivity contribution < 1.29 is 5.11 Å². The summed E-state index contributed by atoms with van der Waals surface area (Å²) in [5.74, 6) is 0.848. The molecule has 27 heavy (non-hydrogen) atoms. The summed E-state index contributed by atoms with van der Waals surface area (Å²) in [6.45, 7) is 2.66. The Morgan fingerprint density at radius 1 is 1.11 bits per heavy atom. The lowest BCUT2D eigenvalue weighted by molar-refractivity contribution is 0.0980. The molecule has 1 aliphatic rings. The number of nitrogens with one attached hydrogen (secondary N) is 1. The monoisotopic (exact) mass is 361 g/mol. The zero-order valence-corrected chi connectivity index (χ0v) is 15.3. The van der Waals surface area contributed by atoms with E-state index in [-0.39, 0.29) is 0 Å². The van der Waals surface area contributed by atoms with Crippen molar-refractivity contribution in [1.82, 2.24) is 24.5 Å². The first-order chi connectivity index (χ1) is 13.2. The maximum atomic E-state index is 10.9. The van der Waals surface area contributed by atoms with Crippen LogP contribution in [0, 0.1) is 6.92 Å². The molecular formula is C21H23N5O. The van der Waals surface area contributed by atoms with Crippen molar-refractivity contribution in [2.45, 2.75) is 45.0 Å². The van der Waals surface area contributed by atoms with Gasteiger partial charge < -0.3 is 9.67 Å². The van der Waals surface area contributed by atoms with Crippen LogP contribution in [0.25, 0.3) is 16.7 Å². The Labute approximate surface area is 157 Å². The van der Waals surface area contributed by atoms with E-state index in [1.165, 1.54) is 12.0 Å². The van der Waals surface area contributed by atoms with Crippen LogP contribution < -0.4 is 5.32 Å². The number of rotatable bonds is 5. The first kappa shape index (κ1) is 16.5. The van der Waals surface area contributed by atoms with Gasteiger partial charge in [0.15, 0.2) is 5.65 Å². The molecule has 4 aromatic rings. The lowest BCUT2D eigenvalue weighted by Crippen LogP contribution is -2.38. The zero-order chi connectivity index (χ0) is 18.4. The molecule has 0 aliphatic heterocycles. The third-order valence-corrected chi connectivity index (χ3v) is 5.59. The topological polar surface area (TPSA) is 67.4 Å². The third-order valence-electron chi connectivity index (χ3n) is 5.59. The Balaban J connectivity index is 1.66. The standard InChI is InChI=1S/C21H23N5O/c1-14-23-24-20-11-10-17-18(26(14)20)12-19(21(27)22-16-8-5-9-16)25(17)13-15-6-3-2-4-7-15/h2-4,6-7,10-12,16,21-22,27H,5,8-9,13H2,1H3. The maximum absolute atomic E-state index is 10.9. The minimum atomic E-state index is -0.696. The van der Waals surface area contributed by atoms with Crippen LogP contribution in [-0.2, 0) is 6.54 Å². The highest BCUT2D eigenvalue weighted by Crippen LogP contribution is 2.28. The highest BCUT2D eigenvalue weighted by molar-refractivity contribution is 5.81.